The molecule has 1 unspecified atom stereocenters. The second-order valence-corrected chi connectivity index (χ2v) is 4.33. The second-order valence-electron chi connectivity index (χ2n) is 3.42. The summed E-state index contributed by atoms with van der Waals surface area (Å²) in [6.45, 7) is 1.83. The van der Waals surface area contributed by atoms with Crippen LogP contribution in [0.25, 0.3) is 10.9 Å². The minimum atomic E-state index is -0.208. The lowest BCUT2D eigenvalue weighted by molar-refractivity contribution is 0.748. The fourth-order valence-corrected chi connectivity index (χ4v) is 1.71. The minimum absolute atomic E-state index is 0.208. The van der Waals surface area contributed by atoms with Crippen LogP contribution >= 0.6 is 15.9 Å². The summed E-state index contributed by atoms with van der Waals surface area (Å²) in [5, 5.41) is 0.841. The number of fused-ring (bicyclic) bond motifs is 1. The quantitative estimate of drug-likeness (QED) is 0.828. The van der Waals surface area contributed by atoms with Crippen LogP contribution in [0, 0.1) is 0 Å². The number of aromatic nitrogens is 2. The lowest BCUT2D eigenvalue weighted by Gasteiger charge is -2.07. The predicted octanol–water partition coefficient (Wildman–Crippen LogP) is 1.99. The molecule has 1 aromatic carbocycles. The molecule has 0 saturated heterocycles. The smallest absolute Gasteiger partial charge is 0.147 e. The molecule has 78 valence electrons. The molecule has 1 heterocycles. The molecule has 4 nitrogen and oxygen atoms in total. The Labute approximate surface area is 95.8 Å². The number of benzene rings is 1. The fraction of sp³-hybridized carbons (Fsp3) is 0.200. The summed E-state index contributed by atoms with van der Waals surface area (Å²) in [4.78, 5) is 8.50. The van der Waals surface area contributed by atoms with Gasteiger partial charge >= 0.3 is 0 Å². The molecule has 0 spiro atoms. The van der Waals surface area contributed by atoms with Crippen molar-refractivity contribution in [2.45, 2.75) is 13.0 Å². The number of rotatable bonds is 1. The molecule has 2 rings (SSSR count). The van der Waals surface area contributed by atoms with Crippen molar-refractivity contribution < 1.29 is 0 Å². The van der Waals surface area contributed by atoms with Crippen LogP contribution in [0.4, 0.5) is 5.82 Å². The first-order chi connectivity index (χ1) is 7.08. The Kier molecular flexibility index (Phi) is 2.58. The van der Waals surface area contributed by atoms with Crippen molar-refractivity contribution in [3.8, 4) is 0 Å². The third kappa shape index (κ3) is 1.93. The number of nitrogens with zero attached hydrogens (tertiary/aromatic N) is 2. The number of anilines is 1. The van der Waals surface area contributed by atoms with Gasteiger partial charge in [-0.2, -0.15) is 0 Å². The minimum Gasteiger partial charge on any atom is -0.383 e. The highest BCUT2D eigenvalue weighted by Crippen LogP contribution is 2.23. The van der Waals surface area contributed by atoms with Crippen LogP contribution < -0.4 is 11.5 Å². The van der Waals surface area contributed by atoms with Crippen LogP contribution in [0.3, 0.4) is 0 Å². The van der Waals surface area contributed by atoms with Crippen LogP contribution in [-0.2, 0) is 0 Å². The van der Waals surface area contributed by atoms with Gasteiger partial charge in [-0.1, -0.05) is 15.9 Å². The van der Waals surface area contributed by atoms with Gasteiger partial charge in [-0.05, 0) is 25.1 Å². The van der Waals surface area contributed by atoms with E-state index in [1.807, 2.05) is 25.1 Å². The maximum absolute atomic E-state index is 5.84. The van der Waals surface area contributed by atoms with Gasteiger partial charge in [0.05, 0.1) is 11.6 Å². The van der Waals surface area contributed by atoms with Crippen LogP contribution in [0.2, 0.25) is 0 Å². The van der Waals surface area contributed by atoms with Gasteiger partial charge in [0.2, 0.25) is 0 Å². The lowest BCUT2D eigenvalue weighted by atomic mass is 10.2. The van der Waals surface area contributed by atoms with E-state index in [0.717, 1.165) is 15.4 Å². The van der Waals surface area contributed by atoms with Crippen LogP contribution in [0.1, 0.15) is 18.8 Å². The predicted molar refractivity (Wildman–Crippen MR) is 64.3 cm³/mol. The van der Waals surface area contributed by atoms with Gasteiger partial charge in [0.1, 0.15) is 11.6 Å². The molecule has 0 aliphatic heterocycles. The molecule has 0 aliphatic carbocycles. The molecule has 0 amide bonds. The molecule has 0 radical (unpaired) electrons. The van der Waals surface area contributed by atoms with E-state index in [1.165, 1.54) is 0 Å². The molecule has 0 saturated carbocycles. The monoisotopic (exact) mass is 266 g/mol. The Morgan fingerprint density at radius 2 is 2.07 bits per heavy atom. The standard InChI is InChI=1S/C10H11BrN4/c1-5(12)10-14-8-3-2-6(11)4-7(8)9(13)15-10/h2-5H,12H2,1H3,(H2,13,14,15). The van der Waals surface area contributed by atoms with Gasteiger partial charge in [0.15, 0.2) is 0 Å². The highest BCUT2D eigenvalue weighted by molar-refractivity contribution is 9.10. The van der Waals surface area contributed by atoms with Crippen molar-refractivity contribution >= 4 is 32.7 Å². The zero-order chi connectivity index (χ0) is 11.0. The molecule has 5 heteroatoms. The molecule has 1 aromatic heterocycles. The molecule has 2 aromatic rings. The van der Waals surface area contributed by atoms with Crippen molar-refractivity contribution in [3.05, 3.63) is 28.5 Å². The number of nitrogen functional groups attached to an aromatic ring is 1. The van der Waals surface area contributed by atoms with Crippen LogP contribution in [0.15, 0.2) is 22.7 Å². The number of hydrogen-bond donors (Lipinski definition) is 2. The largest absolute Gasteiger partial charge is 0.383 e. The Bertz CT molecular complexity index is 510. The first kappa shape index (κ1) is 10.3. The number of hydrogen-bond acceptors (Lipinski definition) is 4. The Balaban J connectivity index is 2.73. The summed E-state index contributed by atoms with van der Waals surface area (Å²) >= 11 is 3.38. The van der Waals surface area contributed by atoms with E-state index in [-0.39, 0.29) is 6.04 Å². The summed E-state index contributed by atoms with van der Waals surface area (Å²) in [6, 6.07) is 5.50. The average Bonchev–Trinajstić information content (AvgIpc) is 2.18. The van der Waals surface area contributed by atoms with Crippen LogP contribution in [-0.4, -0.2) is 9.97 Å². The SMILES string of the molecule is CC(N)c1nc(N)c2cc(Br)ccc2n1. The first-order valence-corrected chi connectivity index (χ1v) is 5.35. The fourth-order valence-electron chi connectivity index (χ4n) is 1.35. The van der Waals surface area contributed by atoms with Crippen molar-refractivity contribution in [2.75, 3.05) is 5.73 Å². The maximum atomic E-state index is 5.84. The van der Waals surface area contributed by atoms with E-state index in [9.17, 15) is 0 Å². The Hall–Kier alpha value is -1.20. The molecule has 0 bridgehead atoms. The third-order valence-corrected chi connectivity index (χ3v) is 2.61. The Morgan fingerprint density at radius 3 is 2.73 bits per heavy atom. The summed E-state index contributed by atoms with van der Waals surface area (Å²) < 4.78 is 0.957. The van der Waals surface area contributed by atoms with Gasteiger partial charge in [0, 0.05) is 9.86 Å². The highest BCUT2D eigenvalue weighted by atomic mass is 79.9. The second kappa shape index (κ2) is 3.75. The topological polar surface area (TPSA) is 77.8 Å². The van der Waals surface area contributed by atoms with Gasteiger partial charge in [-0.3, -0.25) is 0 Å². The van der Waals surface area contributed by atoms with E-state index < -0.39 is 0 Å². The summed E-state index contributed by atoms with van der Waals surface area (Å²) in [7, 11) is 0. The molecule has 4 N–H and O–H groups in total. The first-order valence-electron chi connectivity index (χ1n) is 4.56. The molecule has 0 fully saturated rings. The summed E-state index contributed by atoms with van der Waals surface area (Å²) in [6.07, 6.45) is 0. The average molecular weight is 267 g/mol. The van der Waals surface area contributed by atoms with Crippen molar-refractivity contribution in [3.63, 3.8) is 0 Å². The normalized spacial score (nSPS) is 13.0. The number of nitrogens with two attached hydrogens (primary N) is 2. The van der Waals surface area contributed by atoms with Gasteiger partial charge in [-0.15, -0.1) is 0 Å². The van der Waals surface area contributed by atoms with Crippen molar-refractivity contribution in [2.24, 2.45) is 5.73 Å². The zero-order valence-electron chi connectivity index (χ0n) is 8.24. The van der Waals surface area contributed by atoms with E-state index in [4.69, 9.17) is 11.5 Å². The van der Waals surface area contributed by atoms with Gasteiger partial charge in [-0.25, -0.2) is 9.97 Å². The van der Waals surface area contributed by atoms with Crippen molar-refractivity contribution in [1.82, 2.24) is 9.97 Å². The summed E-state index contributed by atoms with van der Waals surface area (Å²) in [5.41, 5.74) is 12.4. The summed E-state index contributed by atoms with van der Waals surface area (Å²) in [5.74, 6) is 1.04. The van der Waals surface area contributed by atoms with Gasteiger partial charge in [0.25, 0.3) is 0 Å². The van der Waals surface area contributed by atoms with E-state index in [2.05, 4.69) is 25.9 Å². The van der Waals surface area contributed by atoms with Gasteiger partial charge < -0.3 is 11.5 Å². The molecular formula is C10H11BrN4. The maximum Gasteiger partial charge on any atom is 0.147 e. The molecular weight excluding hydrogens is 256 g/mol. The van der Waals surface area contributed by atoms with Crippen LogP contribution in [0.5, 0.6) is 0 Å². The zero-order valence-corrected chi connectivity index (χ0v) is 9.82. The molecule has 0 aliphatic rings. The Morgan fingerprint density at radius 1 is 1.33 bits per heavy atom. The van der Waals surface area contributed by atoms with E-state index in [1.54, 1.807) is 0 Å². The van der Waals surface area contributed by atoms with E-state index in [0.29, 0.717) is 11.6 Å². The van der Waals surface area contributed by atoms with Crippen molar-refractivity contribution in [1.29, 1.82) is 0 Å². The number of halogens is 1. The lowest BCUT2D eigenvalue weighted by Crippen LogP contribution is -2.11. The molecule has 15 heavy (non-hydrogen) atoms. The highest BCUT2D eigenvalue weighted by Gasteiger charge is 2.08. The third-order valence-electron chi connectivity index (χ3n) is 2.11. The van der Waals surface area contributed by atoms with E-state index >= 15 is 0 Å². The molecule has 1 atom stereocenters.